The van der Waals surface area contributed by atoms with Crippen LogP contribution in [0.4, 0.5) is 0 Å². The molecule has 0 aliphatic heterocycles. The van der Waals surface area contributed by atoms with Gasteiger partial charge in [-0.15, -0.1) is 24.8 Å². The molecular formula is C6H17Cl2NS. The average molecular weight is 206 g/mol. The molecular weight excluding hydrogens is 189 g/mol. The van der Waals surface area contributed by atoms with Crippen molar-refractivity contribution in [2.24, 2.45) is 11.7 Å². The van der Waals surface area contributed by atoms with Gasteiger partial charge in [0.1, 0.15) is 0 Å². The Morgan fingerprint density at radius 2 is 1.70 bits per heavy atom. The van der Waals surface area contributed by atoms with E-state index in [0.29, 0.717) is 12.0 Å². The third-order valence-corrected chi connectivity index (χ3v) is 1.48. The molecule has 10 heavy (non-hydrogen) atoms. The van der Waals surface area contributed by atoms with Crippen LogP contribution in [-0.2, 0) is 0 Å². The van der Waals surface area contributed by atoms with Crippen molar-refractivity contribution in [3.63, 3.8) is 0 Å². The minimum atomic E-state index is 0. The molecule has 66 valence electrons. The smallest absolute Gasteiger partial charge is 0.0130 e. The van der Waals surface area contributed by atoms with Crippen LogP contribution in [0.2, 0.25) is 0 Å². The maximum Gasteiger partial charge on any atom is 0.0130 e. The van der Waals surface area contributed by atoms with Gasteiger partial charge in [0, 0.05) is 11.8 Å². The van der Waals surface area contributed by atoms with Crippen molar-refractivity contribution in [2.45, 2.75) is 26.3 Å². The summed E-state index contributed by atoms with van der Waals surface area (Å²) in [7, 11) is 0. The van der Waals surface area contributed by atoms with Crippen molar-refractivity contribution in [2.75, 3.05) is 5.75 Å². The lowest BCUT2D eigenvalue weighted by Gasteiger charge is -2.09. The molecule has 0 aromatic carbocycles. The molecule has 0 spiro atoms. The molecule has 0 aromatic rings. The Morgan fingerprint density at radius 3 is 1.80 bits per heavy atom. The third-order valence-electron chi connectivity index (χ3n) is 1.01. The van der Waals surface area contributed by atoms with E-state index in [1.54, 1.807) is 0 Å². The van der Waals surface area contributed by atoms with Gasteiger partial charge in [0.05, 0.1) is 0 Å². The van der Waals surface area contributed by atoms with E-state index in [-0.39, 0.29) is 24.8 Å². The molecule has 0 saturated carbocycles. The Kier molecular flexibility index (Phi) is 16.9. The van der Waals surface area contributed by atoms with Crippen molar-refractivity contribution in [3.05, 3.63) is 0 Å². The van der Waals surface area contributed by atoms with E-state index in [9.17, 15) is 0 Å². The summed E-state index contributed by atoms with van der Waals surface area (Å²) in [5.41, 5.74) is 5.60. The molecule has 0 heterocycles. The molecule has 4 heteroatoms. The second kappa shape index (κ2) is 9.89. The van der Waals surface area contributed by atoms with Crippen LogP contribution in [0.3, 0.4) is 0 Å². The van der Waals surface area contributed by atoms with Gasteiger partial charge in [-0.2, -0.15) is 12.6 Å². The van der Waals surface area contributed by atoms with Crippen LogP contribution in [-0.4, -0.2) is 11.8 Å². The number of halogens is 2. The lowest BCUT2D eigenvalue weighted by atomic mass is 10.1. The minimum Gasteiger partial charge on any atom is -0.327 e. The van der Waals surface area contributed by atoms with Gasteiger partial charge in [-0.3, -0.25) is 0 Å². The summed E-state index contributed by atoms with van der Waals surface area (Å²) in [5, 5.41) is 0. The summed E-state index contributed by atoms with van der Waals surface area (Å²) in [6.07, 6.45) is 1.09. The Balaban J connectivity index is -0.000000245. The second-order valence-electron chi connectivity index (χ2n) is 2.57. The zero-order valence-electron chi connectivity index (χ0n) is 6.41. The van der Waals surface area contributed by atoms with Gasteiger partial charge in [0.2, 0.25) is 0 Å². The summed E-state index contributed by atoms with van der Waals surface area (Å²) in [5.74, 6) is 1.51. The van der Waals surface area contributed by atoms with Gasteiger partial charge in [0.15, 0.2) is 0 Å². The highest BCUT2D eigenvalue weighted by Crippen LogP contribution is 2.02. The first-order chi connectivity index (χ1) is 3.66. The molecule has 0 unspecified atom stereocenters. The van der Waals surface area contributed by atoms with Crippen LogP contribution < -0.4 is 5.73 Å². The van der Waals surface area contributed by atoms with Gasteiger partial charge in [-0.05, 0) is 12.3 Å². The molecule has 1 atom stereocenters. The van der Waals surface area contributed by atoms with Gasteiger partial charge in [-0.25, -0.2) is 0 Å². The lowest BCUT2D eigenvalue weighted by molar-refractivity contribution is 0.525. The largest absolute Gasteiger partial charge is 0.327 e. The molecule has 0 saturated heterocycles. The monoisotopic (exact) mass is 205 g/mol. The van der Waals surface area contributed by atoms with Gasteiger partial charge in [-0.1, -0.05) is 13.8 Å². The van der Waals surface area contributed by atoms with Crippen LogP contribution in [0.1, 0.15) is 20.3 Å². The Bertz CT molecular complexity index is 61.7. The standard InChI is InChI=1S/C6H15NS.2ClH/c1-5(2)3-6(7)4-8;;/h5-6,8H,3-4,7H2,1-2H3;2*1H/t6-;;/m0../s1. The van der Waals surface area contributed by atoms with Crippen molar-refractivity contribution < 1.29 is 0 Å². The third kappa shape index (κ3) is 11.7. The predicted molar refractivity (Wildman–Crippen MR) is 55.8 cm³/mol. The fraction of sp³-hybridized carbons (Fsp3) is 1.00. The number of hydrogen-bond donors (Lipinski definition) is 2. The van der Waals surface area contributed by atoms with Crippen molar-refractivity contribution in [1.82, 2.24) is 0 Å². The number of thiol groups is 1. The summed E-state index contributed by atoms with van der Waals surface area (Å²) < 4.78 is 0. The van der Waals surface area contributed by atoms with Gasteiger partial charge >= 0.3 is 0 Å². The Hall–Kier alpha value is 0.890. The van der Waals surface area contributed by atoms with Crippen LogP contribution >= 0.6 is 37.4 Å². The molecule has 2 N–H and O–H groups in total. The number of hydrogen-bond acceptors (Lipinski definition) is 2. The topological polar surface area (TPSA) is 26.0 Å². The summed E-state index contributed by atoms with van der Waals surface area (Å²) in [6, 6.07) is 0.290. The number of nitrogens with two attached hydrogens (primary N) is 1. The van der Waals surface area contributed by atoms with Crippen molar-refractivity contribution in [3.8, 4) is 0 Å². The molecule has 0 aromatic heterocycles. The van der Waals surface area contributed by atoms with Gasteiger partial charge < -0.3 is 5.73 Å². The maximum atomic E-state index is 5.60. The summed E-state index contributed by atoms with van der Waals surface area (Å²) in [4.78, 5) is 0. The fourth-order valence-corrected chi connectivity index (χ4v) is 0.829. The first kappa shape index (κ1) is 17.1. The van der Waals surface area contributed by atoms with Crippen molar-refractivity contribution in [1.29, 1.82) is 0 Å². The first-order valence-electron chi connectivity index (χ1n) is 3.03. The molecule has 1 nitrogen and oxygen atoms in total. The summed E-state index contributed by atoms with van der Waals surface area (Å²) >= 11 is 4.07. The van der Waals surface area contributed by atoms with E-state index < -0.39 is 0 Å². The quantitative estimate of drug-likeness (QED) is 0.680. The van der Waals surface area contributed by atoms with E-state index in [1.165, 1.54) is 0 Å². The minimum absolute atomic E-state index is 0. The highest BCUT2D eigenvalue weighted by Gasteiger charge is 2.00. The maximum absolute atomic E-state index is 5.60. The van der Waals surface area contributed by atoms with E-state index in [0.717, 1.165) is 12.2 Å². The first-order valence-corrected chi connectivity index (χ1v) is 3.66. The van der Waals surface area contributed by atoms with E-state index in [2.05, 4.69) is 26.5 Å². The van der Waals surface area contributed by atoms with Gasteiger partial charge in [0.25, 0.3) is 0 Å². The van der Waals surface area contributed by atoms with Crippen LogP contribution in [0.15, 0.2) is 0 Å². The molecule has 0 aliphatic carbocycles. The normalized spacial score (nSPS) is 11.7. The Morgan fingerprint density at radius 1 is 1.30 bits per heavy atom. The average Bonchev–Trinajstić information content (AvgIpc) is 1.65. The van der Waals surface area contributed by atoms with E-state index in [4.69, 9.17) is 5.73 Å². The molecule has 0 amide bonds. The number of rotatable bonds is 3. The summed E-state index contributed by atoms with van der Waals surface area (Å²) in [6.45, 7) is 4.34. The zero-order valence-corrected chi connectivity index (χ0v) is 8.94. The zero-order chi connectivity index (χ0) is 6.57. The van der Waals surface area contributed by atoms with Crippen LogP contribution in [0, 0.1) is 5.92 Å². The predicted octanol–water partition coefficient (Wildman–Crippen LogP) is 2.13. The van der Waals surface area contributed by atoms with Crippen LogP contribution in [0.25, 0.3) is 0 Å². The second-order valence-corrected chi connectivity index (χ2v) is 2.94. The van der Waals surface area contributed by atoms with Crippen LogP contribution in [0.5, 0.6) is 0 Å². The van der Waals surface area contributed by atoms with Crippen molar-refractivity contribution >= 4 is 37.4 Å². The molecule has 0 fully saturated rings. The molecule has 0 rings (SSSR count). The van der Waals surface area contributed by atoms with E-state index in [1.807, 2.05) is 0 Å². The SMILES string of the molecule is CC(C)C[C@H](N)CS.Cl.Cl. The highest BCUT2D eigenvalue weighted by molar-refractivity contribution is 7.80. The highest BCUT2D eigenvalue weighted by atomic mass is 35.5. The van der Waals surface area contributed by atoms with E-state index >= 15 is 0 Å². The fourth-order valence-electron chi connectivity index (χ4n) is 0.680. The Labute approximate surface area is 81.4 Å². The molecule has 0 bridgehead atoms. The molecule has 0 aliphatic rings. The lowest BCUT2D eigenvalue weighted by Crippen LogP contribution is -2.23. The molecule has 0 radical (unpaired) electrons.